The monoisotopic (exact) mass is 285 g/mol. The Labute approximate surface area is 124 Å². The molecule has 1 heterocycles. The van der Waals surface area contributed by atoms with Crippen LogP contribution in [0.2, 0.25) is 0 Å². The lowest BCUT2D eigenvalue weighted by Gasteiger charge is -2.38. The third-order valence-corrected chi connectivity index (χ3v) is 4.08. The van der Waals surface area contributed by atoms with E-state index in [1.165, 1.54) is 0 Å². The van der Waals surface area contributed by atoms with E-state index < -0.39 is 11.4 Å². The van der Waals surface area contributed by atoms with Crippen LogP contribution in [0, 0.1) is 17.3 Å². The molecule has 1 aromatic carbocycles. The number of hydrogen-bond donors (Lipinski definition) is 1. The molecular weight excluding hydrogens is 266 g/mol. The third kappa shape index (κ3) is 3.43. The molecule has 0 radical (unpaired) electrons. The van der Waals surface area contributed by atoms with Gasteiger partial charge in [-0.25, -0.2) is 0 Å². The third-order valence-electron chi connectivity index (χ3n) is 4.08. The van der Waals surface area contributed by atoms with Crippen molar-refractivity contribution < 1.29 is 14.7 Å². The predicted molar refractivity (Wildman–Crippen MR) is 79.5 cm³/mol. The van der Waals surface area contributed by atoms with Crippen LogP contribution in [0.5, 0.6) is 0 Å². The molecule has 110 valence electrons. The molecule has 0 saturated carbocycles. The molecule has 2 rings (SSSR count). The lowest BCUT2D eigenvalue weighted by atomic mass is 9.77. The van der Waals surface area contributed by atoms with Crippen molar-refractivity contribution >= 4 is 11.9 Å². The van der Waals surface area contributed by atoms with Gasteiger partial charge in [0.25, 0.3) is 5.91 Å². The number of piperidine rings is 1. The average molecular weight is 285 g/mol. The van der Waals surface area contributed by atoms with Crippen LogP contribution in [-0.4, -0.2) is 35.0 Å². The van der Waals surface area contributed by atoms with E-state index in [0.717, 1.165) is 5.56 Å². The first kappa shape index (κ1) is 15.1. The fourth-order valence-electron chi connectivity index (χ4n) is 2.65. The summed E-state index contributed by atoms with van der Waals surface area (Å²) in [6.07, 6.45) is 1.85. The summed E-state index contributed by atoms with van der Waals surface area (Å²) in [6, 6.07) is 9.29. The molecule has 0 aromatic heterocycles. The minimum absolute atomic E-state index is 0.251. The lowest BCUT2D eigenvalue weighted by Crippen LogP contribution is -2.49. The van der Waals surface area contributed by atoms with Crippen molar-refractivity contribution in [1.29, 1.82) is 0 Å². The van der Waals surface area contributed by atoms with Crippen LogP contribution in [0.4, 0.5) is 0 Å². The Morgan fingerprint density at radius 3 is 2.67 bits per heavy atom. The zero-order chi connectivity index (χ0) is 15.3. The van der Waals surface area contributed by atoms with Crippen molar-refractivity contribution in [3.63, 3.8) is 0 Å². The van der Waals surface area contributed by atoms with Gasteiger partial charge in [0.1, 0.15) is 0 Å². The largest absolute Gasteiger partial charge is 0.481 e. The Bertz CT molecular complexity index is 585. The smallest absolute Gasteiger partial charge is 0.311 e. The first-order valence-electron chi connectivity index (χ1n) is 7.17. The van der Waals surface area contributed by atoms with E-state index in [4.69, 9.17) is 0 Å². The lowest BCUT2D eigenvalue weighted by molar-refractivity contribution is -0.154. The fourth-order valence-corrected chi connectivity index (χ4v) is 2.65. The van der Waals surface area contributed by atoms with E-state index in [-0.39, 0.29) is 12.5 Å². The molecule has 1 fully saturated rings. The quantitative estimate of drug-likeness (QED) is 0.847. The highest BCUT2D eigenvalue weighted by molar-refractivity contribution is 5.94. The molecule has 4 heteroatoms. The summed E-state index contributed by atoms with van der Waals surface area (Å²) >= 11 is 0. The fraction of sp³-hybridized carbons (Fsp3) is 0.412. The number of carbonyl (C=O) groups excluding carboxylic acids is 1. The van der Waals surface area contributed by atoms with Crippen LogP contribution in [0.25, 0.3) is 0 Å². The number of aliphatic carboxylic acids is 1. The Balaban J connectivity index is 2.10. The highest BCUT2D eigenvalue weighted by Crippen LogP contribution is 2.33. The topological polar surface area (TPSA) is 57.6 Å². The van der Waals surface area contributed by atoms with Gasteiger partial charge >= 0.3 is 5.97 Å². The Morgan fingerprint density at radius 1 is 1.33 bits per heavy atom. The van der Waals surface area contributed by atoms with Crippen LogP contribution in [0.3, 0.4) is 0 Å². The van der Waals surface area contributed by atoms with Crippen LogP contribution in [0.15, 0.2) is 30.3 Å². The Kier molecular flexibility index (Phi) is 4.64. The highest BCUT2D eigenvalue weighted by atomic mass is 16.4. The maximum absolute atomic E-state index is 12.2. The van der Waals surface area contributed by atoms with Gasteiger partial charge in [-0.3, -0.25) is 9.59 Å². The first-order chi connectivity index (χ1) is 10.1. The van der Waals surface area contributed by atoms with E-state index in [9.17, 15) is 14.7 Å². The normalized spacial score (nSPS) is 21.3. The standard InChI is InChI=1S/C17H19NO3/c1-2-17(16(20)21)11-6-12-18(13-17)15(19)10-9-14-7-4-3-5-8-14/h3-5,7-8H,2,6,11-13H2,1H3,(H,20,21). The molecule has 1 unspecified atom stereocenters. The molecule has 4 nitrogen and oxygen atoms in total. The van der Waals surface area contributed by atoms with Crippen molar-refractivity contribution in [2.24, 2.45) is 5.41 Å². The summed E-state index contributed by atoms with van der Waals surface area (Å²) in [5, 5.41) is 9.42. The number of hydrogen-bond acceptors (Lipinski definition) is 2. The molecule has 1 amide bonds. The van der Waals surface area contributed by atoms with Crippen LogP contribution in [-0.2, 0) is 9.59 Å². The molecule has 1 saturated heterocycles. The first-order valence-corrected chi connectivity index (χ1v) is 7.17. The second-order valence-corrected chi connectivity index (χ2v) is 5.39. The summed E-state index contributed by atoms with van der Waals surface area (Å²) < 4.78 is 0. The van der Waals surface area contributed by atoms with E-state index >= 15 is 0 Å². The predicted octanol–water partition coefficient (Wildman–Crippen LogP) is 2.14. The summed E-state index contributed by atoms with van der Waals surface area (Å²) in [6.45, 7) is 2.69. The Hall–Kier alpha value is -2.28. The van der Waals surface area contributed by atoms with Crippen molar-refractivity contribution in [3.8, 4) is 11.8 Å². The summed E-state index contributed by atoms with van der Waals surface area (Å²) in [5.41, 5.74) is -0.0367. The highest BCUT2D eigenvalue weighted by Gasteiger charge is 2.41. The van der Waals surface area contributed by atoms with Crippen LogP contribution < -0.4 is 0 Å². The van der Waals surface area contributed by atoms with Crippen molar-refractivity contribution in [2.75, 3.05) is 13.1 Å². The van der Waals surface area contributed by atoms with Gasteiger partial charge in [0.2, 0.25) is 0 Å². The second-order valence-electron chi connectivity index (χ2n) is 5.39. The molecule has 0 aliphatic carbocycles. The zero-order valence-corrected chi connectivity index (χ0v) is 12.1. The van der Waals surface area contributed by atoms with Gasteiger partial charge in [0.05, 0.1) is 5.41 Å². The van der Waals surface area contributed by atoms with Gasteiger partial charge in [-0.05, 0) is 31.4 Å². The van der Waals surface area contributed by atoms with Crippen LogP contribution >= 0.6 is 0 Å². The number of carboxylic acid groups (broad SMARTS) is 1. The molecule has 0 bridgehead atoms. The van der Waals surface area contributed by atoms with E-state index in [0.29, 0.717) is 25.8 Å². The molecule has 1 aliphatic heterocycles. The maximum atomic E-state index is 12.2. The van der Waals surface area contributed by atoms with E-state index in [1.54, 1.807) is 4.90 Å². The summed E-state index contributed by atoms with van der Waals surface area (Å²) in [5.74, 6) is 4.33. The number of rotatable bonds is 2. The Morgan fingerprint density at radius 2 is 2.05 bits per heavy atom. The minimum atomic E-state index is -0.821. The van der Waals surface area contributed by atoms with Gasteiger partial charge < -0.3 is 10.0 Å². The molecular formula is C17H19NO3. The van der Waals surface area contributed by atoms with E-state index in [1.807, 2.05) is 37.3 Å². The minimum Gasteiger partial charge on any atom is -0.481 e. The molecule has 1 N–H and O–H groups in total. The molecule has 1 atom stereocenters. The van der Waals surface area contributed by atoms with Crippen molar-refractivity contribution in [1.82, 2.24) is 4.90 Å². The van der Waals surface area contributed by atoms with Gasteiger partial charge in [0.15, 0.2) is 0 Å². The van der Waals surface area contributed by atoms with Crippen LogP contribution in [0.1, 0.15) is 31.7 Å². The van der Waals surface area contributed by atoms with Gasteiger partial charge in [-0.2, -0.15) is 0 Å². The molecule has 1 aliphatic rings. The summed E-state index contributed by atoms with van der Waals surface area (Å²) in [7, 11) is 0. The number of carboxylic acids is 1. The number of benzene rings is 1. The number of carbonyl (C=O) groups is 2. The van der Waals surface area contributed by atoms with Gasteiger partial charge in [-0.1, -0.05) is 31.0 Å². The second kappa shape index (κ2) is 6.45. The number of nitrogens with zero attached hydrogens (tertiary/aromatic N) is 1. The number of amides is 1. The molecule has 21 heavy (non-hydrogen) atoms. The van der Waals surface area contributed by atoms with Gasteiger partial charge in [0, 0.05) is 24.6 Å². The molecule has 1 aromatic rings. The molecule has 0 spiro atoms. The maximum Gasteiger partial charge on any atom is 0.311 e. The average Bonchev–Trinajstić information content (AvgIpc) is 2.53. The van der Waals surface area contributed by atoms with Crippen molar-refractivity contribution in [3.05, 3.63) is 35.9 Å². The van der Waals surface area contributed by atoms with E-state index in [2.05, 4.69) is 11.8 Å². The zero-order valence-electron chi connectivity index (χ0n) is 12.1. The van der Waals surface area contributed by atoms with Gasteiger partial charge in [-0.15, -0.1) is 0 Å². The summed E-state index contributed by atoms with van der Waals surface area (Å²) in [4.78, 5) is 25.2. The SMILES string of the molecule is CCC1(C(=O)O)CCCN(C(=O)C#Cc2ccccc2)C1. The number of likely N-dealkylation sites (tertiary alicyclic amines) is 1. The van der Waals surface area contributed by atoms with Crippen molar-refractivity contribution in [2.45, 2.75) is 26.2 Å².